The summed E-state index contributed by atoms with van der Waals surface area (Å²) in [4.78, 5) is 26.5. The minimum Gasteiger partial charge on any atom is -0.488 e. The van der Waals surface area contributed by atoms with Crippen LogP contribution in [0.25, 0.3) is 22.6 Å². The van der Waals surface area contributed by atoms with Gasteiger partial charge in [0.25, 0.3) is 5.91 Å². The predicted octanol–water partition coefficient (Wildman–Crippen LogP) is 3.99. The van der Waals surface area contributed by atoms with Gasteiger partial charge in [0.15, 0.2) is 11.4 Å². The summed E-state index contributed by atoms with van der Waals surface area (Å²) in [6.07, 6.45) is 2.43. The summed E-state index contributed by atoms with van der Waals surface area (Å²) in [5.74, 6) is 1.01. The molecule has 2 atom stereocenters. The SMILES string of the molecule is O=C(c1cc(-c2nc3ccc(OC4CCOC4)cc3o2)ccn1)N1CCN(C(c2ccccc2)c2nnn(C(F)F)n2)CC1. The minimum atomic E-state index is -2.89. The van der Waals surface area contributed by atoms with Crippen molar-refractivity contribution >= 4 is 17.0 Å². The third kappa shape index (κ3) is 5.73. The van der Waals surface area contributed by atoms with Crippen molar-refractivity contribution in [3.63, 3.8) is 0 Å². The first-order chi connectivity index (χ1) is 21.5. The van der Waals surface area contributed by atoms with Crippen molar-refractivity contribution in [2.24, 2.45) is 0 Å². The molecule has 0 aliphatic carbocycles. The number of pyridine rings is 1. The molecule has 12 nitrogen and oxygen atoms in total. The highest BCUT2D eigenvalue weighted by molar-refractivity contribution is 5.93. The molecule has 0 radical (unpaired) electrons. The summed E-state index contributed by atoms with van der Waals surface area (Å²) in [7, 11) is 0. The largest absolute Gasteiger partial charge is 0.488 e. The Hall–Kier alpha value is -4.82. The van der Waals surface area contributed by atoms with Crippen molar-refractivity contribution < 1.29 is 27.5 Å². The monoisotopic (exact) mass is 602 g/mol. The molecule has 0 saturated carbocycles. The number of carbonyl (C=O) groups is 1. The number of aromatic nitrogens is 6. The van der Waals surface area contributed by atoms with Crippen LogP contribution >= 0.6 is 0 Å². The predicted molar refractivity (Wildman–Crippen MR) is 152 cm³/mol. The number of halogens is 2. The van der Waals surface area contributed by atoms with Crippen LogP contribution in [0.2, 0.25) is 0 Å². The van der Waals surface area contributed by atoms with E-state index in [1.807, 2.05) is 48.5 Å². The fourth-order valence-corrected chi connectivity index (χ4v) is 5.51. The first-order valence-electron chi connectivity index (χ1n) is 14.3. The Morgan fingerprint density at radius 2 is 1.86 bits per heavy atom. The zero-order valence-corrected chi connectivity index (χ0v) is 23.5. The number of carbonyl (C=O) groups excluding carboxylic acids is 1. The molecule has 3 aromatic heterocycles. The van der Waals surface area contributed by atoms with E-state index in [1.165, 1.54) is 0 Å². The van der Waals surface area contributed by atoms with Gasteiger partial charge in [-0.15, -0.1) is 10.2 Å². The van der Waals surface area contributed by atoms with Gasteiger partial charge in [0.1, 0.15) is 23.1 Å². The van der Waals surface area contributed by atoms with E-state index in [0.29, 0.717) is 72.5 Å². The van der Waals surface area contributed by atoms with Gasteiger partial charge in [0.2, 0.25) is 5.89 Å². The second kappa shape index (κ2) is 12.1. The molecule has 2 aliphatic rings. The summed E-state index contributed by atoms with van der Waals surface area (Å²) in [6, 6.07) is 17.8. The van der Waals surface area contributed by atoms with Crippen molar-refractivity contribution in [1.29, 1.82) is 0 Å². The quantitative estimate of drug-likeness (QED) is 0.258. The van der Waals surface area contributed by atoms with E-state index in [1.54, 1.807) is 23.2 Å². The molecule has 5 heterocycles. The fraction of sp³-hybridized carbons (Fsp3) is 0.333. The number of alkyl halides is 2. The summed E-state index contributed by atoms with van der Waals surface area (Å²) in [5, 5.41) is 11.4. The van der Waals surface area contributed by atoms with Crippen LogP contribution in [0.15, 0.2) is 71.3 Å². The third-order valence-corrected chi connectivity index (χ3v) is 7.72. The van der Waals surface area contributed by atoms with Crippen molar-refractivity contribution in [2.45, 2.75) is 25.1 Å². The van der Waals surface area contributed by atoms with Gasteiger partial charge >= 0.3 is 6.55 Å². The van der Waals surface area contributed by atoms with Crippen molar-refractivity contribution in [1.82, 2.24) is 40.0 Å². The van der Waals surface area contributed by atoms with Crippen LogP contribution in [-0.2, 0) is 4.74 Å². The lowest BCUT2D eigenvalue weighted by molar-refractivity contribution is 0.0385. The molecule has 5 aromatic rings. The molecular formula is C30H28F2N8O4. The highest BCUT2D eigenvalue weighted by Crippen LogP contribution is 2.30. The van der Waals surface area contributed by atoms with Crippen LogP contribution < -0.4 is 4.74 Å². The number of tetrazole rings is 1. The zero-order valence-electron chi connectivity index (χ0n) is 23.5. The number of rotatable bonds is 8. The molecule has 2 aromatic carbocycles. The van der Waals surface area contributed by atoms with Crippen LogP contribution in [-0.4, -0.2) is 91.4 Å². The second-order valence-corrected chi connectivity index (χ2v) is 10.6. The number of ether oxygens (including phenoxy) is 2. The lowest BCUT2D eigenvalue weighted by atomic mass is 10.0. The molecule has 226 valence electrons. The molecular weight excluding hydrogens is 574 g/mol. The number of amides is 1. The standard InChI is InChI=1S/C30H28F2N8O4/c31-30(32)40-36-27(35-37-40)26(19-4-2-1-3-5-19)38-11-13-39(14-12-38)29(41)24-16-20(8-10-33-24)28-34-23-7-6-21(17-25(23)44-28)43-22-9-15-42-18-22/h1-8,10,16-17,22,26,30H,9,11-15,18H2. The van der Waals surface area contributed by atoms with E-state index in [4.69, 9.17) is 13.9 Å². The van der Waals surface area contributed by atoms with Gasteiger partial charge in [-0.05, 0) is 35.0 Å². The summed E-state index contributed by atoms with van der Waals surface area (Å²) in [5.41, 5.74) is 2.99. The van der Waals surface area contributed by atoms with Gasteiger partial charge in [-0.3, -0.25) is 14.7 Å². The van der Waals surface area contributed by atoms with Gasteiger partial charge in [-0.2, -0.15) is 8.78 Å². The fourth-order valence-electron chi connectivity index (χ4n) is 5.51. The Bertz CT molecular complexity index is 1750. The van der Waals surface area contributed by atoms with Crippen molar-refractivity contribution in [2.75, 3.05) is 39.4 Å². The zero-order chi connectivity index (χ0) is 30.0. The smallest absolute Gasteiger partial charge is 0.350 e. The van der Waals surface area contributed by atoms with E-state index < -0.39 is 12.6 Å². The number of benzene rings is 2. The van der Waals surface area contributed by atoms with Gasteiger partial charge in [-0.1, -0.05) is 35.1 Å². The van der Waals surface area contributed by atoms with Crippen molar-refractivity contribution in [3.8, 4) is 17.2 Å². The highest BCUT2D eigenvalue weighted by atomic mass is 19.3. The number of hydrogen-bond acceptors (Lipinski definition) is 10. The molecule has 44 heavy (non-hydrogen) atoms. The summed E-state index contributed by atoms with van der Waals surface area (Å²) in [6.45, 7) is 0.107. The summed E-state index contributed by atoms with van der Waals surface area (Å²) < 4.78 is 43.8. The molecule has 7 rings (SSSR count). The van der Waals surface area contributed by atoms with Gasteiger partial charge < -0.3 is 18.8 Å². The summed E-state index contributed by atoms with van der Waals surface area (Å²) >= 11 is 0. The normalized spacial score (nSPS) is 18.2. The van der Waals surface area contributed by atoms with Gasteiger partial charge in [0, 0.05) is 50.4 Å². The average Bonchev–Trinajstić information content (AvgIpc) is 3.84. The number of nitrogens with zero attached hydrogens (tertiary/aromatic N) is 8. The molecule has 2 saturated heterocycles. The second-order valence-electron chi connectivity index (χ2n) is 10.6. The van der Waals surface area contributed by atoms with Crippen LogP contribution in [0.5, 0.6) is 5.75 Å². The first-order valence-corrected chi connectivity index (χ1v) is 14.3. The van der Waals surface area contributed by atoms with Crippen molar-refractivity contribution in [3.05, 3.63) is 83.9 Å². The third-order valence-electron chi connectivity index (χ3n) is 7.72. The first kappa shape index (κ1) is 28.0. The number of oxazole rings is 1. The Labute approximate surface area is 250 Å². The molecule has 14 heteroatoms. The number of hydrogen-bond donors (Lipinski definition) is 0. The van der Waals surface area contributed by atoms with Crippen LogP contribution in [0.3, 0.4) is 0 Å². The molecule has 1 amide bonds. The Balaban J connectivity index is 1.05. The Kier molecular flexibility index (Phi) is 7.66. The molecule has 2 unspecified atom stereocenters. The molecule has 0 bridgehead atoms. The van der Waals surface area contributed by atoms with Gasteiger partial charge in [0.05, 0.1) is 19.3 Å². The lowest BCUT2D eigenvalue weighted by Gasteiger charge is -2.38. The van der Waals surface area contributed by atoms with E-state index in [2.05, 4.69) is 30.3 Å². The van der Waals surface area contributed by atoms with E-state index in [0.717, 1.165) is 12.0 Å². The molecule has 0 N–H and O–H groups in total. The van der Waals surface area contributed by atoms with E-state index in [-0.39, 0.29) is 23.5 Å². The van der Waals surface area contributed by atoms with Gasteiger partial charge in [-0.25, -0.2) is 4.98 Å². The molecule has 2 fully saturated rings. The maximum absolute atomic E-state index is 13.5. The Morgan fingerprint density at radius 1 is 1.02 bits per heavy atom. The highest BCUT2D eigenvalue weighted by Gasteiger charge is 2.32. The number of piperazine rings is 1. The van der Waals surface area contributed by atoms with E-state index >= 15 is 0 Å². The number of fused-ring (bicyclic) bond motifs is 1. The maximum Gasteiger partial charge on any atom is 0.350 e. The Morgan fingerprint density at radius 3 is 2.61 bits per heavy atom. The van der Waals surface area contributed by atoms with Crippen LogP contribution in [0, 0.1) is 0 Å². The lowest BCUT2D eigenvalue weighted by Crippen LogP contribution is -2.50. The van der Waals surface area contributed by atoms with E-state index in [9.17, 15) is 13.6 Å². The molecule has 0 spiro atoms. The topological polar surface area (TPSA) is 125 Å². The minimum absolute atomic E-state index is 0.0209. The molecule has 2 aliphatic heterocycles. The van der Waals surface area contributed by atoms with Crippen LogP contribution in [0.4, 0.5) is 8.78 Å². The average molecular weight is 603 g/mol. The van der Waals surface area contributed by atoms with Crippen LogP contribution in [0.1, 0.15) is 40.9 Å². The maximum atomic E-state index is 13.5.